The molecule has 0 radical (unpaired) electrons. The fourth-order valence-corrected chi connectivity index (χ4v) is 3.75. The molecule has 5 heteroatoms. The number of aryl methyl sites for hydroxylation is 4. The second kappa shape index (κ2) is 7.24. The normalized spacial score (nSPS) is 18.6. The zero-order chi connectivity index (χ0) is 17.1. The van der Waals surface area contributed by atoms with Crippen molar-refractivity contribution in [2.45, 2.75) is 65.3 Å². The van der Waals surface area contributed by atoms with Crippen LogP contribution in [0.2, 0.25) is 0 Å². The van der Waals surface area contributed by atoms with Gasteiger partial charge in [0.1, 0.15) is 11.5 Å². The maximum absolute atomic E-state index is 12.9. The molecule has 24 heavy (non-hydrogen) atoms. The van der Waals surface area contributed by atoms with Gasteiger partial charge in [-0.25, -0.2) is 0 Å². The maximum Gasteiger partial charge on any atom is 0.223 e. The van der Waals surface area contributed by atoms with Crippen LogP contribution in [0.15, 0.2) is 16.5 Å². The average Bonchev–Trinajstić information content (AvgIpc) is 3.02. The van der Waals surface area contributed by atoms with Crippen molar-refractivity contribution in [1.82, 2.24) is 15.1 Å². The Labute approximate surface area is 143 Å². The summed E-state index contributed by atoms with van der Waals surface area (Å²) in [4.78, 5) is 15.0. The van der Waals surface area contributed by atoms with Crippen molar-refractivity contribution >= 4 is 5.91 Å². The van der Waals surface area contributed by atoms with E-state index in [9.17, 15) is 4.79 Å². The minimum atomic E-state index is 0.150. The summed E-state index contributed by atoms with van der Waals surface area (Å²) in [6.07, 6.45) is 5.62. The molecule has 0 aromatic carbocycles. The first-order chi connectivity index (χ1) is 11.6. The van der Waals surface area contributed by atoms with E-state index >= 15 is 0 Å². The summed E-state index contributed by atoms with van der Waals surface area (Å²) in [5.41, 5.74) is 3.30. The minimum absolute atomic E-state index is 0.150. The number of hydrogen-bond donors (Lipinski definition) is 1. The monoisotopic (exact) mass is 329 g/mol. The Bertz CT molecular complexity index is 682. The molecule has 0 saturated carbocycles. The Kier molecular flexibility index (Phi) is 5.07. The molecule has 1 fully saturated rings. The van der Waals surface area contributed by atoms with Gasteiger partial charge in [0.25, 0.3) is 0 Å². The first-order valence-corrected chi connectivity index (χ1v) is 8.92. The van der Waals surface area contributed by atoms with E-state index in [1.807, 2.05) is 26.0 Å². The third kappa shape index (κ3) is 3.55. The fraction of sp³-hybridized carbons (Fsp3) is 0.579. The maximum atomic E-state index is 12.9. The summed E-state index contributed by atoms with van der Waals surface area (Å²) in [5, 5.41) is 7.41. The van der Waals surface area contributed by atoms with Gasteiger partial charge < -0.3 is 9.32 Å². The van der Waals surface area contributed by atoms with E-state index in [-0.39, 0.29) is 11.9 Å². The number of nitrogens with zero attached hydrogens (tertiary/aromatic N) is 2. The number of rotatable bonds is 4. The van der Waals surface area contributed by atoms with E-state index in [0.717, 1.165) is 48.7 Å². The van der Waals surface area contributed by atoms with Crippen LogP contribution in [0.3, 0.4) is 0 Å². The van der Waals surface area contributed by atoms with Crippen LogP contribution >= 0.6 is 0 Å². The van der Waals surface area contributed by atoms with Crippen molar-refractivity contribution in [1.29, 1.82) is 0 Å². The Hall–Kier alpha value is -2.04. The summed E-state index contributed by atoms with van der Waals surface area (Å²) in [5.74, 6) is 2.01. The number of furan rings is 1. The van der Waals surface area contributed by atoms with Gasteiger partial charge in [-0.3, -0.25) is 9.89 Å². The van der Waals surface area contributed by atoms with Crippen molar-refractivity contribution in [3.05, 3.63) is 40.6 Å². The number of carbonyl (C=O) groups excluding carboxylic acids is 1. The molecule has 0 bridgehead atoms. The topological polar surface area (TPSA) is 62.1 Å². The molecule has 0 spiro atoms. The molecule has 3 heterocycles. The second-order valence-corrected chi connectivity index (χ2v) is 6.81. The Morgan fingerprint density at radius 2 is 2.12 bits per heavy atom. The fourth-order valence-electron chi connectivity index (χ4n) is 3.75. The SMILES string of the molecule is Cc1ccc(CCC(=O)N2CCCCC[C@H]2c2c(C)n[nH]c2C)o1. The highest BCUT2D eigenvalue weighted by atomic mass is 16.3. The van der Waals surface area contributed by atoms with Gasteiger partial charge in [-0.15, -0.1) is 0 Å². The summed E-state index contributed by atoms with van der Waals surface area (Å²) in [6.45, 7) is 6.85. The Morgan fingerprint density at radius 1 is 1.29 bits per heavy atom. The molecule has 1 atom stereocenters. The molecule has 130 valence electrons. The van der Waals surface area contributed by atoms with Crippen LogP contribution < -0.4 is 0 Å². The molecule has 1 aliphatic heterocycles. The number of likely N-dealkylation sites (tertiary alicyclic amines) is 1. The number of aromatic nitrogens is 2. The highest BCUT2D eigenvalue weighted by molar-refractivity contribution is 5.77. The van der Waals surface area contributed by atoms with Gasteiger partial charge in [0.15, 0.2) is 0 Å². The second-order valence-electron chi connectivity index (χ2n) is 6.81. The number of amides is 1. The molecule has 2 aromatic heterocycles. The van der Waals surface area contributed by atoms with Gasteiger partial charge in [0.05, 0.1) is 11.7 Å². The highest BCUT2D eigenvalue weighted by Crippen LogP contribution is 2.33. The van der Waals surface area contributed by atoms with E-state index in [4.69, 9.17) is 4.42 Å². The lowest BCUT2D eigenvalue weighted by atomic mass is 9.98. The summed E-state index contributed by atoms with van der Waals surface area (Å²) in [7, 11) is 0. The van der Waals surface area contributed by atoms with Crippen molar-refractivity contribution in [2.24, 2.45) is 0 Å². The smallest absolute Gasteiger partial charge is 0.223 e. The number of aromatic amines is 1. The van der Waals surface area contributed by atoms with E-state index < -0.39 is 0 Å². The molecule has 5 nitrogen and oxygen atoms in total. The van der Waals surface area contributed by atoms with E-state index in [0.29, 0.717) is 12.8 Å². The third-order valence-corrected chi connectivity index (χ3v) is 4.97. The molecule has 0 unspecified atom stereocenters. The van der Waals surface area contributed by atoms with Gasteiger partial charge in [0.2, 0.25) is 5.91 Å². The van der Waals surface area contributed by atoms with Crippen LogP contribution in [-0.4, -0.2) is 27.5 Å². The van der Waals surface area contributed by atoms with Crippen molar-refractivity contribution in [3.63, 3.8) is 0 Å². The summed E-state index contributed by atoms with van der Waals surface area (Å²) in [6, 6.07) is 4.07. The molecule has 1 N–H and O–H groups in total. The van der Waals surface area contributed by atoms with Gasteiger partial charge in [-0.2, -0.15) is 5.10 Å². The van der Waals surface area contributed by atoms with Crippen LogP contribution in [0.5, 0.6) is 0 Å². The van der Waals surface area contributed by atoms with Crippen LogP contribution in [-0.2, 0) is 11.2 Å². The van der Waals surface area contributed by atoms with Crippen molar-refractivity contribution in [2.75, 3.05) is 6.54 Å². The molecule has 1 amide bonds. The molecule has 0 aliphatic carbocycles. The van der Waals surface area contributed by atoms with Crippen LogP contribution in [0.4, 0.5) is 0 Å². The van der Waals surface area contributed by atoms with Crippen molar-refractivity contribution < 1.29 is 9.21 Å². The summed E-state index contributed by atoms with van der Waals surface area (Å²) < 4.78 is 5.60. The highest BCUT2D eigenvalue weighted by Gasteiger charge is 2.29. The van der Waals surface area contributed by atoms with Crippen LogP contribution in [0.1, 0.15) is 66.6 Å². The first-order valence-electron chi connectivity index (χ1n) is 8.92. The lowest BCUT2D eigenvalue weighted by Gasteiger charge is -2.30. The first kappa shape index (κ1) is 16.8. The average molecular weight is 329 g/mol. The molecule has 3 rings (SSSR count). The van der Waals surface area contributed by atoms with Crippen molar-refractivity contribution in [3.8, 4) is 0 Å². The Morgan fingerprint density at radius 3 is 2.79 bits per heavy atom. The predicted octanol–water partition coefficient (Wildman–Crippen LogP) is 4.00. The van der Waals surface area contributed by atoms with Crippen LogP contribution in [0, 0.1) is 20.8 Å². The van der Waals surface area contributed by atoms with Gasteiger partial charge in [-0.1, -0.05) is 12.8 Å². The number of H-pyrrole nitrogens is 1. The lowest BCUT2D eigenvalue weighted by molar-refractivity contribution is -0.133. The third-order valence-electron chi connectivity index (χ3n) is 4.97. The van der Waals surface area contributed by atoms with E-state index in [1.54, 1.807) is 0 Å². The molecule has 2 aromatic rings. The molecular weight excluding hydrogens is 302 g/mol. The quantitative estimate of drug-likeness (QED) is 0.922. The van der Waals surface area contributed by atoms with E-state index in [1.165, 1.54) is 12.0 Å². The minimum Gasteiger partial charge on any atom is -0.466 e. The number of hydrogen-bond acceptors (Lipinski definition) is 3. The predicted molar refractivity (Wildman–Crippen MR) is 92.7 cm³/mol. The Balaban J connectivity index is 1.75. The van der Waals surface area contributed by atoms with Gasteiger partial charge in [-0.05, 0) is 45.7 Å². The number of nitrogens with one attached hydrogen (secondary N) is 1. The summed E-state index contributed by atoms with van der Waals surface area (Å²) >= 11 is 0. The molecule has 1 aliphatic rings. The van der Waals surface area contributed by atoms with Gasteiger partial charge >= 0.3 is 0 Å². The standard InChI is InChI=1S/C19H27N3O2/c1-13-8-9-16(24-13)10-11-18(23)22-12-6-4-5-7-17(22)19-14(2)20-21-15(19)3/h8-9,17H,4-7,10-12H2,1-3H3,(H,20,21)/t17-/m0/s1. The number of carbonyl (C=O) groups is 1. The largest absolute Gasteiger partial charge is 0.466 e. The zero-order valence-corrected chi connectivity index (χ0v) is 14.9. The molecular formula is C19H27N3O2. The van der Waals surface area contributed by atoms with Gasteiger partial charge in [0, 0.05) is 30.6 Å². The van der Waals surface area contributed by atoms with E-state index in [2.05, 4.69) is 22.0 Å². The molecule has 1 saturated heterocycles. The van der Waals surface area contributed by atoms with Crippen LogP contribution in [0.25, 0.3) is 0 Å². The zero-order valence-electron chi connectivity index (χ0n) is 14.9. The lowest BCUT2D eigenvalue weighted by Crippen LogP contribution is -2.35.